The maximum Gasteiger partial charge on any atom is 0.107 e. The Kier molecular flexibility index (Phi) is 4.15. The predicted octanol–water partition coefficient (Wildman–Crippen LogP) is 3.41. The minimum Gasteiger partial charge on any atom is -0.324 e. The van der Waals surface area contributed by atoms with Gasteiger partial charge in [0.2, 0.25) is 0 Å². The van der Waals surface area contributed by atoms with E-state index in [1.807, 2.05) is 31.2 Å². The molecule has 0 aliphatic rings. The molecular weight excluding hydrogens is 298 g/mol. The van der Waals surface area contributed by atoms with Crippen molar-refractivity contribution in [1.82, 2.24) is 9.97 Å². The lowest BCUT2D eigenvalue weighted by molar-refractivity contribution is 0.779. The molecule has 3 nitrogen and oxygen atoms in total. The van der Waals surface area contributed by atoms with Crippen LogP contribution in [0.4, 0.5) is 0 Å². The zero-order valence-electron chi connectivity index (χ0n) is 9.30. The predicted molar refractivity (Wildman–Crippen MR) is 72.9 cm³/mol. The molecule has 1 unspecified atom stereocenters. The van der Waals surface area contributed by atoms with Crippen molar-refractivity contribution in [3.05, 3.63) is 46.7 Å². The third-order valence-electron chi connectivity index (χ3n) is 2.19. The van der Waals surface area contributed by atoms with Gasteiger partial charge >= 0.3 is 0 Å². The van der Waals surface area contributed by atoms with Crippen LogP contribution < -0.4 is 5.73 Å². The summed E-state index contributed by atoms with van der Waals surface area (Å²) >= 11 is 4.89. The molecular formula is C12H12BrN3S. The van der Waals surface area contributed by atoms with Crippen molar-refractivity contribution >= 4 is 27.7 Å². The maximum atomic E-state index is 5.91. The first-order valence-electron chi connectivity index (χ1n) is 5.16. The number of aromatic nitrogens is 2. The monoisotopic (exact) mass is 309 g/mol. The van der Waals surface area contributed by atoms with E-state index in [1.54, 1.807) is 12.4 Å². The minimum atomic E-state index is -0.0263. The normalized spacial score (nSPS) is 12.4. The Labute approximate surface area is 113 Å². The molecule has 17 heavy (non-hydrogen) atoms. The zero-order chi connectivity index (χ0) is 12.3. The van der Waals surface area contributed by atoms with Gasteiger partial charge in [-0.1, -0.05) is 6.07 Å². The summed E-state index contributed by atoms with van der Waals surface area (Å²) in [6, 6.07) is 7.79. The molecule has 5 heteroatoms. The van der Waals surface area contributed by atoms with Crippen LogP contribution in [0, 0.1) is 0 Å². The van der Waals surface area contributed by atoms with E-state index in [0.29, 0.717) is 0 Å². The first-order chi connectivity index (χ1) is 8.16. The molecule has 0 aliphatic carbocycles. The van der Waals surface area contributed by atoms with E-state index in [4.69, 9.17) is 5.73 Å². The molecule has 2 rings (SSSR count). The van der Waals surface area contributed by atoms with Crippen molar-refractivity contribution in [1.29, 1.82) is 0 Å². The highest BCUT2D eigenvalue weighted by molar-refractivity contribution is 9.10. The Hall–Kier alpha value is -0.910. The fourth-order valence-electron chi connectivity index (χ4n) is 1.36. The highest BCUT2D eigenvalue weighted by Gasteiger charge is 2.09. The van der Waals surface area contributed by atoms with Crippen molar-refractivity contribution in [3.8, 4) is 0 Å². The van der Waals surface area contributed by atoms with Gasteiger partial charge in [0.15, 0.2) is 0 Å². The molecule has 0 saturated heterocycles. The summed E-state index contributed by atoms with van der Waals surface area (Å²) in [5.74, 6) is 0. The Morgan fingerprint density at radius 3 is 2.76 bits per heavy atom. The summed E-state index contributed by atoms with van der Waals surface area (Å²) in [5.41, 5.74) is 6.95. The van der Waals surface area contributed by atoms with Crippen molar-refractivity contribution in [2.45, 2.75) is 23.0 Å². The molecule has 0 aromatic carbocycles. The van der Waals surface area contributed by atoms with E-state index in [-0.39, 0.29) is 6.04 Å². The second-order valence-corrected chi connectivity index (χ2v) is 5.53. The molecule has 0 bridgehead atoms. The average Bonchev–Trinajstić information content (AvgIpc) is 2.32. The highest BCUT2D eigenvalue weighted by atomic mass is 79.9. The van der Waals surface area contributed by atoms with Gasteiger partial charge in [-0.05, 0) is 52.8 Å². The van der Waals surface area contributed by atoms with Crippen molar-refractivity contribution in [3.63, 3.8) is 0 Å². The van der Waals surface area contributed by atoms with Gasteiger partial charge in [0.25, 0.3) is 0 Å². The molecule has 2 N–H and O–H groups in total. The summed E-state index contributed by atoms with van der Waals surface area (Å²) in [7, 11) is 0. The summed E-state index contributed by atoms with van der Waals surface area (Å²) in [5, 5.41) is 1.83. The number of hydrogen-bond acceptors (Lipinski definition) is 4. The molecule has 0 fully saturated rings. The lowest BCUT2D eigenvalue weighted by Crippen LogP contribution is -2.07. The number of nitrogens with zero attached hydrogens (tertiary/aromatic N) is 2. The molecule has 0 saturated carbocycles. The molecule has 1 atom stereocenters. The second kappa shape index (κ2) is 5.62. The smallest absolute Gasteiger partial charge is 0.107 e. The SMILES string of the molecule is CC(N)c1cccnc1Sc1ccc(Br)cn1. The van der Waals surface area contributed by atoms with Crippen molar-refractivity contribution < 1.29 is 0 Å². The molecule has 2 heterocycles. The van der Waals surface area contributed by atoms with Crippen LogP contribution >= 0.6 is 27.7 Å². The fourth-order valence-corrected chi connectivity index (χ4v) is 2.52. The van der Waals surface area contributed by atoms with Crippen molar-refractivity contribution in [2.24, 2.45) is 5.73 Å². The van der Waals surface area contributed by atoms with E-state index in [9.17, 15) is 0 Å². The maximum absolute atomic E-state index is 5.91. The Balaban J connectivity index is 2.26. The van der Waals surface area contributed by atoms with E-state index < -0.39 is 0 Å². The van der Waals surface area contributed by atoms with Crippen molar-refractivity contribution in [2.75, 3.05) is 0 Å². The molecule has 0 spiro atoms. The Bertz CT molecular complexity index is 499. The topological polar surface area (TPSA) is 51.8 Å². The van der Waals surface area contributed by atoms with Crippen LogP contribution in [0.25, 0.3) is 0 Å². The number of nitrogens with two attached hydrogens (primary N) is 1. The summed E-state index contributed by atoms with van der Waals surface area (Å²) in [4.78, 5) is 8.66. The Morgan fingerprint density at radius 1 is 1.29 bits per heavy atom. The fraction of sp³-hybridized carbons (Fsp3) is 0.167. The molecule has 0 radical (unpaired) electrons. The minimum absolute atomic E-state index is 0.0263. The molecule has 2 aromatic heterocycles. The van der Waals surface area contributed by atoms with Gasteiger partial charge in [-0.25, -0.2) is 9.97 Å². The van der Waals surface area contributed by atoms with Crippen LogP contribution in [0.3, 0.4) is 0 Å². The third-order valence-corrected chi connectivity index (χ3v) is 3.65. The quantitative estimate of drug-likeness (QED) is 0.944. The second-order valence-electron chi connectivity index (χ2n) is 3.60. The van der Waals surface area contributed by atoms with E-state index in [0.717, 1.165) is 20.1 Å². The summed E-state index contributed by atoms with van der Waals surface area (Å²) in [6.07, 6.45) is 3.55. The molecule has 0 amide bonds. The van der Waals surface area contributed by atoms with Crippen LogP contribution in [0.2, 0.25) is 0 Å². The largest absolute Gasteiger partial charge is 0.324 e. The summed E-state index contributed by atoms with van der Waals surface area (Å²) in [6.45, 7) is 1.95. The van der Waals surface area contributed by atoms with Crippen LogP contribution in [0.1, 0.15) is 18.5 Å². The summed E-state index contributed by atoms with van der Waals surface area (Å²) < 4.78 is 0.968. The van der Waals surface area contributed by atoms with Crippen LogP contribution in [-0.2, 0) is 0 Å². The van der Waals surface area contributed by atoms with Gasteiger partial charge in [0, 0.05) is 28.5 Å². The lowest BCUT2D eigenvalue weighted by Gasteiger charge is -2.10. The first kappa shape index (κ1) is 12.5. The standard InChI is InChI=1S/C12H12BrN3S/c1-8(14)10-3-2-6-15-12(10)17-11-5-4-9(13)7-16-11/h2-8H,14H2,1H3. The van der Waals surface area contributed by atoms with Gasteiger partial charge in [-0.2, -0.15) is 0 Å². The number of halogens is 1. The molecule has 2 aromatic rings. The number of hydrogen-bond donors (Lipinski definition) is 1. The van der Waals surface area contributed by atoms with Gasteiger partial charge < -0.3 is 5.73 Å². The molecule has 88 valence electrons. The Morgan fingerprint density at radius 2 is 2.12 bits per heavy atom. The van der Waals surface area contributed by atoms with E-state index in [2.05, 4.69) is 25.9 Å². The van der Waals surface area contributed by atoms with Gasteiger partial charge in [0.1, 0.15) is 10.1 Å². The van der Waals surface area contributed by atoms with E-state index in [1.165, 1.54) is 11.8 Å². The third kappa shape index (κ3) is 3.28. The lowest BCUT2D eigenvalue weighted by atomic mass is 10.2. The average molecular weight is 310 g/mol. The van der Waals surface area contributed by atoms with Crippen LogP contribution in [0.5, 0.6) is 0 Å². The van der Waals surface area contributed by atoms with Gasteiger partial charge in [-0.3, -0.25) is 0 Å². The van der Waals surface area contributed by atoms with E-state index >= 15 is 0 Å². The number of rotatable bonds is 3. The highest BCUT2D eigenvalue weighted by Crippen LogP contribution is 2.29. The van der Waals surface area contributed by atoms with Gasteiger partial charge in [-0.15, -0.1) is 0 Å². The molecule has 0 aliphatic heterocycles. The first-order valence-corrected chi connectivity index (χ1v) is 6.77. The van der Waals surface area contributed by atoms with Crippen LogP contribution in [-0.4, -0.2) is 9.97 Å². The van der Waals surface area contributed by atoms with Gasteiger partial charge in [0.05, 0.1) is 0 Å². The zero-order valence-corrected chi connectivity index (χ0v) is 11.7. The number of pyridine rings is 2. The van der Waals surface area contributed by atoms with Crippen LogP contribution in [0.15, 0.2) is 51.2 Å².